The summed E-state index contributed by atoms with van der Waals surface area (Å²) in [5.41, 5.74) is 0. The Balaban J connectivity index is 1.96. The Hall–Kier alpha value is -0.610. The summed E-state index contributed by atoms with van der Waals surface area (Å²) < 4.78 is 4.92. The normalized spacial score (nSPS) is 27.2. The van der Waals surface area contributed by atoms with E-state index in [4.69, 9.17) is 9.57 Å². The Labute approximate surface area is 58.7 Å². The second-order valence-electron chi connectivity index (χ2n) is 2.49. The van der Waals surface area contributed by atoms with E-state index in [9.17, 15) is 4.79 Å². The molecule has 4 heteroatoms. The molecular weight excluding hydrogens is 134 g/mol. The van der Waals surface area contributed by atoms with Crippen molar-refractivity contribution in [2.45, 2.75) is 12.5 Å². The lowest BCUT2D eigenvalue weighted by Crippen LogP contribution is -2.48. The maximum Gasteiger partial charge on any atom is 0.248 e. The number of carbonyl (C=O) groups excluding carboxylic acids is 1. The first-order valence-electron chi connectivity index (χ1n) is 3.40. The highest BCUT2D eigenvalue weighted by molar-refractivity contribution is 5.76. The van der Waals surface area contributed by atoms with Gasteiger partial charge in [0.1, 0.15) is 6.04 Å². The number of ether oxygens (including phenoxy) is 1. The minimum absolute atomic E-state index is 0.0910. The van der Waals surface area contributed by atoms with Crippen molar-refractivity contribution in [3.8, 4) is 0 Å². The zero-order chi connectivity index (χ0) is 6.97. The van der Waals surface area contributed by atoms with Gasteiger partial charge >= 0.3 is 0 Å². The van der Waals surface area contributed by atoms with Crippen molar-refractivity contribution in [1.29, 1.82) is 0 Å². The van der Waals surface area contributed by atoms with Crippen molar-refractivity contribution in [3.05, 3.63) is 0 Å². The summed E-state index contributed by atoms with van der Waals surface area (Å²) in [6, 6.07) is 0.190. The third kappa shape index (κ3) is 0.803. The quantitative estimate of drug-likeness (QED) is 0.499. The molecule has 0 aromatic rings. The van der Waals surface area contributed by atoms with Gasteiger partial charge in [-0.2, -0.15) is 0 Å². The third-order valence-corrected chi connectivity index (χ3v) is 1.74. The van der Waals surface area contributed by atoms with Gasteiger partial charge in [-0.3, -0.25) is 9.63 Å². The van der Waals surface area contributed by atoms with Crippen LogP contribution in [0.25, 0.3) is 0 Å². The van der Waals surface area contributed by atoms with Gasteiger partial charge in [0.25, 0.3) is 0 Å². The zero-order valence-electron chi connectivity index (χ0n) is 5.58. The van der Waals surface area contributed by atoms with Crippen molar-refractivity contribution < 1.29 is 14.4 Å². The molecule has 2 heterocycles. The highest BCUT2D eigenvalue weighted by atomic mass is 16.7. The van der Waals surface area contributed by atoms with Gasteiger partial charge in [-0.1, -0.05) is 0 Å². The summed E-state index contributed by atoms with van der Waals surface area (Å²) >= 11 is 0. The monoisotopic (exact) mass is 143 g/mol. The molecule has 0 aromatic heterocycles. The Kier molecular flexibility index (Phi) is 1.35. The summed E-state index contributed by atoms with van der Waals surface area (Å²) in [6.45, 7) is 1.80. The second-order valence-corrected chi connectivity index (χ2v) is 2.49. The van der Waals surface area contributed by atoms with E-state index in [0.29, 0.717) is 26.2 Å². The first-order valence-corrected chi connectivity index (χ1v) is 3.40. The summed E-state index contributed by atoms with van der Waals surface area (Å²) in [7, 11) is 0. The van der Waals surface area contributed by atoms with E-state index in [1.165, 1.54) is 5.06 Å². The molecule has 2 saturated heterocycles. The lowest BCUT2D eigenvalue weighted by Gasteiger charge is -2.32. The molecule has 0 radical (unpaired) electrons. The van der Waals surface area contributed by atoms with Crippen LogP contribution >= 0.6 is 0 Å². The average Bonchev–Trinajstić information content (AvgIpc) is 2.12. The second kappa shape index (κ2) is 2.21. The van der Waals surface area contributed by atoms with Gasteiger partial charge in [-0.25, -0.2) is 5.06 Å². The number of hydrogen-bond acceptors (Lipinski definition) is 3. The maximum atomic E-state index is 11.0. The van der Waals surface area contributed by atoms with Crippen LogP contribution in [0.15, 0.2) is 0 Å². The lowest BCUT2D eigenvalue weighted by molar-refractivity contribution is -0.210. The predicted octanol–water partition coefficient (Wildman–Crippen LogP) is -0.451. The van der Waals surface area contributed by atoms with Crippen molar-refractivity contribution in [1.82, 2.24) is 5.06 Å². The Morgan fingerprint density at radius 2 is 2.30 bits per heavy atom. The van der Waals surface area contributed by atoms with Crippen LogP contribution in [0.1, 0.15) is 6.42 Å². The molecule has 0 saturated carbocycles. The van der Waals surface area contributed by atoms with Crippen LogP contribution in [0.5, 0.6) is 0 Å². The highest BCUT2D eigenvalue weighted by Crippen LogP contribution is 2.16. The summed E-state index contributed by atoms with van der Waals surface area (Å²) in [6.07, 6.45) is 0.524. The van der Waals surface area contributed by atoms with Crippen molar-refractivity contribution in [2.75, 3.05) is 19.8 Å². The lowest BCUT2D eigenvalue weighted by atomic mass is 10.2. The van der Waals surface area contributed by atoms with Crippen LogP contribution in [-0.4, -0.2) is 36.8 Å². The summed E-state index contributed by atoms with van der Waals surface area (Å²) in [4.78, 5) is 16.0. The van der Waals surface area contributed by atoms with Crippen LogP contribution < -0.4 is 0 Å². The van der Waals surface area contributed by atoms with Gasteiger partial charge in [-0.05, 0) is 0 Å². The van der Waals surface area contributed by atoms with E-state index in [0.717, 1.165) is 0 Å². The number of hydroxylamine groups is 2. The molecule has 2 aliphatic heterocycles. The van der Waals surface area contributed by atoms with E-state index in [1.54, 1.807) is 0 Å². The van der Waals surface area contributed by atoms with Crippen molar-refractivity contribution in [2.24, 2.45) is 0 Å². The SMILES string of the molecule is O=C1CCON1C1COC1. The van der Waals surface area contributed by atoms with Gasteiger partial charge in [-0.15, -0.1) is 0 Å². The number of nitrogens with zero attached hydrogens (tertiary/aromatic N) is 1. The van der Waals surface area contributed by atoms with E-state index in [2.05, 4.69) is 0 Å². The van der Waals surface area contributed by atoms with Gasteiger partial charge in [0.2, 0.25) is 5.91 Å². The first-order chi connectivity index (χ1) is 4.88. The van der Waals surface area contributed by atoms with E-state index < -0.39 is 0 Å². The molecule has 4 nitrogen and oxygen atoms in total. The van der Waals surface area contributed by atoms with Crippen LogP contribution in [0.2, 0.25) is 0 Å². The van der Waals surface area contributed by atoms with Crippen molar-refractivity contribution in [3.63, 3.8) is 0 Å². The van der Waals surface area contributed by atoms with Crippen molar-refractivity contribution >= 4 is 5.91 Å². The number of hydrogen-bond donors (Lipinski definition) is 0. The minimum Gasteiger partial charge on any atom is -0.377 e. The number of rotatable bonds is 1. The van der Waals surface area contributed by atoms with Gasteiger partial charge in [0.05, 0.1) is 26.2 Å². The Morgan fingerprint density at radius 1 is 1.50 bits per heavy atom. The molecule has 2 fully saturated rings. The van der Waals surface area contributed by atoms with E-state index in [-0.39, 0.29) is 11.9 Å². The van der Waals surface area contributed by atoms with Crippen LogP contribution in [0.3, 0.4) is 0 Å². The molecule has 0 spiro atoms. The highest BCUT2D eigenvalue weighted by Gasteiger charge is 2.34. The largest absolute Gasteiger partial charge is 0.377 e. The zero-order valence-corrected chi connectivity index (χ0v) is 5.58. The van der Waals surface area contributed by atoms with Gasteiger partial charge in [0, 0.05) is 0 Å². The first kappa shape index (κ1) is 6.12. The van der Waals surface area contributed by atoms with Gasteiger partial charge < -0.3 is 4.74 Å². The molecule has 10 heavy (non-hydrogen) atoms. The molecule has 0 aliphatic carbocycles. The molecule has 2 aliphatic rings. The molecule has 0 atom stereocenters. The molecular formula is C6H9NO3. The fourth-order valence-corrected chi connectivity index (χ4v) is 1.08. The Morgan fingerprint density at radius 3 is 2.70 bits per heavy atom. The van der Waals surface area contributed by atoms with Crippen LogP contribution in [-0.2, 0) is 14.4 Å². The molecule has 0 bridgehead atoms. The molecule has 56 valence electrons. The number of amides is 1. The summed E-state index contributed by atoms with van der Waals surface area (Å²) in [5, 5.41) is 1.45. The molecule has 1 amide bonds. The third-order valence-electron chi connectivity index (χ3n) is 1.74. The average molecular weight is 143 g/mol. The van der Waals surface area contributed by atoms with E-state index in [1.807, 2.05) is 0 Å². The standard InChI is InChI=1S/C6H9NO3/c8-6-1-2-10-7(6)5-3-9-4-5/h5H,1-4H2. The molecule has 2 rings (SSSR count). The van der Waals surface area contributed by atoms with Crippen LogP contribution in [0, 0.1) is 0 Å². The summed E-state index contributed by atoms with van der Waals surface area (Å²) in [5.74, 6) is 0.0910. The van der Waals surface area contributed by atoms with Gasteiger partial charge in [0.15, 0.2) is 0 Å². The molecule has 0 N–H and O–H groups in total. The minimum atomic E-state index is 0.0910. The number of carbonyl (C=O) groups is 1. The molecule has 0 aromatic carbocycles. The van der Waals surface area contributed by atoms with Crippen LogP contribution in [0.4, 0.5) is 0 Å². The Bertz CT molecular complexity index is 155. The van der Waals surface area contributed by atoms with E-state index >= 15 is 0 Å². The predicted molar refractivity (Wildman–Crippen MR) is 32.0 cm³/mol. The fourth-order valence-electron chi connectivity index (χ4n) is 1.08. The molecule has 0 unspecified atom stereocenters. The maximum absolute atomic E-state index is 11.0. The smallest absolute Gasteiger partial charge is 0.248 e. The fraction of sp³-hybridized carbons (Fsp3) is 0.833. The topological polar surface area (TPSA) is 38.8 Å².